The van der Waals surface area contributed by atoms with E-state index in [1.54, 1.807) is 6.07 Å². The third-order valence-corrected chi connectivity index (χ3v) is 4.76. The van der Waals surface area contributed by atoms with E-state index in [9.17, 15) is 8.42 Å². The third kappa shape index (κ3) is 7.11. The van der Waals surface area contributed by atoms with E-state index in [-0.39, 0.29) is 11.6 Å². The average Bonchev–Trinajstić information content (AvgIpc) is 2.95. The van der Waals surface area contributed by atoms with Crippen LogP contribution in [0, 0.1) is 0 Å². The highest BCUT2D eigenvalue weighted by atomic mass is 32.2. The van der Waals surface area contributed by atoms with Crippen LogP contribution in [0.5, 0.6) is 0 Å². The summed E-state index contributed by atoms with van der Waals surface area (Å²) in [6.07, 6.45) is 9.50. The van der Waals surface area contributed by atoms with Gasteiger partial charge in [0.15, 0.2) is 0 Å². The summed E-state index contributed by atoms with van der Waals surface area (Å²) in [6, 6.07) is 3.03. The van der Waals surface area contributed by atoms with E-state index in [1.807, 2.05) is 0 Å². The second kappa shape index (κ2) is 9.97. The maximum Gasteiger partial charge on any atom is 0.273 e. The van der Waals surface area contributed by atoms with E-state index in [1.165, 1.54) is 44.6 Å². The largest absolute Gasteiger partial charge is 0.447 e. The Kier molecular flexibility index (Phi) is 8.64. The lowest BCUT2D eigenvalue weighted by molar-refractivity contribution is 0.412. The second-order valence-electron chi connectivity index (χ2n) is 5.30. The molecule has 0 atom stereocenters. The Morgan fingerprint density at radius 3 is 2.24 bits per heavy atom. The molecule has 0 spiro atoms. The molecule has 1 heterocycles. The van der Waals surface area contributed by atoms with E-state index in [2.05, 4.69) is 11.6 Å². The molecule has 21 heavy (non-hydrogen) atoms. The molecule has 0 radical (unpaired) electrons. The number of sulfonamides is 1. The molecule has 6 heteroatoms. The van der Waals surface area contributed by atoms with E-state index in [0.29, 0.717) is 12.3 Å². The zero-order valence-electron chi connectivity index (χ0n) is 12.9. The first-order valence-electron chi connectivity index (χ1n) is 7.88. The molecule has 0 aliphatic rings. The van der Waals surface area contributed by atoms with Gasteiger partial charge < -0.3 is 10.2 Å². The first kappa shape index (κ1) is 18.2. The SMILES string of the molecule is CCCCCCCCCCNS(=O)(=O)c1ccc(CN)o1. The van der Waals surface area contributed by atoms with Crippen molar-refractivity contribution >= 4 is 10.0 Å². The van der Waals surface area contributed by atoms with Crippen LogP contribution in [-0.4, -0.2) is 15.0 Å². The Morgan fingerprint density at radius 2 is 1.67 bits per heavy atom. The molecule has 0 amide bonds. The number of hydrogen-bond acceptors (Lipinski definition) is 4. The van der Waals surface area contributed by atoms with Crippen molar-refractivity contribution in [3.63, 3.8) is 0 Å². The monoisotopic (exact) mass is 316 g/mol. The van der Waals surface area contributed by atoms with Crippen LogP contribution in [0.4, 0.5) is 0 Å². The van der Waals surface area contributed by atoms with Crippen molar-refractivity contribution < 1.29 is 12.8 Å². The maximum atomic E-state index is 11.9. The van der Waals surface area contributed by atoms with Gasteiger partial charge in [0.05, 0.1) is 6.54 Å². The highest BCUT2D eigenvalue weighted by molar-refractivity contribution is 7.89. The van der Waals surface area contributed by atoms with Crippen molar-refractivity contribution in [1.29, 1.82) is 0 Å². The molecule has 1 aromatic heterocycles. The molecule has 0 fully saturated rings. The molecule has 0 aliphatic carbocycles. The van der Waals surface area contributed by atoms with Gasteiger partial charge in [0.25, 0.3) is 10.0 Å². The lowest BCUT2D eigenvalue weighted by Gasteiger charge is -2.04. The van der Waals surface area contributed by atoms with Crippen LogP contribution in [0.15, 0.2) is 21.6 Å². The first-order valence-corrected chi connectivity index (χ1v) is 9.37. The van der Waals surface area contributed by atoms with Crippen molar-refractivity contribution in [3.05, 3.63) is 17.9 Å². The van der Waals surface area contributed by atoms with Gasteiger partial charge in [0.2, 0.25) is 5.09 Å². The first-order chi connectivity index (χ1) is 10.1. The molecule has 1 rings (SSSR count). The summed E-state index contributed by atoms with van der Waals surface area (Å²) in [4.78, 5) is 0. The van der Waals surface area contributed by atoms with Gasteiger partial charge >= 0.3 is 0 Å². The van der Waals surface area contributed by atoms with Crippen LogP contribution < -0.4 is 10.5 Å². The highest BCUT2D eigenvalue weighted by Crippen LogP contribution is 2.13. The van der Waals surface area contributed by atoms with Gasteiger partial charge in [0, 0.05) is 6.54 Å². The zero-order valence-corrected chi connectivity index (χ0v) is 13.8. The Hall–Kier alpha value is -0.850. The van der Waals surface area contributed by atoms with Crippen molar-refractivity contribution in [2.24, 2.45) is 5.73 Å². The molecule has 0 unspecified atom stereocenters. The lowest BCUT2D eigenvalue weighted by atomic mass is 10.1. The van der Waals surface area contributed by atoms with Crippen LogP contribution in [0.1, 0.15) is 64.1 Å². The fourth-order valence-electron chi connectivity index (χ4n) is 2.15. The van der Waals surface area contributed by atoms with Gasteiger partial charge in [-0.05, 0) is 18.6 Å². The van der Waals surface area contributed by atoms with Crippen LogP contribution in [0.3, 0.4) is 0 Å². The molecule has 1 aromatic rings. The van der Waals surface area contributed by atoms with Gasteiger partial charge in [0.1, 0.15) is 5.76 Å². The molecular weight excluding hydrogens is 288 g/mol. The Labute approximate surface area is 128 Å². The van der Waals surface area contributed by atoms with Crippen LogP contribution in [0.25, 0.3) is 0 Å². The number of nitrogens with two attached hydrogens (primary N) is 1. The molecular formula is C15H28N2O3S. The average molecular weight is 316 g/mol. The number of unbranched alkanes of at least 4 members (excludes halogenated alkanes) is 7. The second-order valence-corrected chi connectivity index (χ2v) is 7.00. The number of furan rings is 1. The minimum absolute atomic E-state index is 0.0532. The van der Waals surface area contributed by atoms with Gasteiger partial charge in [-0.25, -0.2) is 13.1 Å². The van der Waals surface area contributed by atoms with Gasteiger partial charge in [-0.3, -0.25) is 0 Å². The summed E-state index contributed by atoms with van der Waals surface area (Å²) < 4.78 is 31.6. The van der Waals surface area contributed by atoms with Crippen molar-refractivity contribution in [2.45, 2.75) is 69.9 Å². The molecule has 5 nitrogen and oxygen atoms in total. The predicted molar refractivity (Wildman–Crippen MR) is 84.4 cm³/mol. The fraction of sp³-hybridized carbons (Fsp3) is 0.733. The summed E-state index contributed by atoms with van der Waals surface area (Å²) in [6.45, 7) is 2.87. The Bertz CT molecular complexity index is 483. The van der Waals surface area contributed by atoms with Crippen molar-refractivity contribution in [1.82, 2.24) is 4.72 Å². The van der Waals surface area contributed by atoms with Gasteiger partial charge in [-0.1, -0.05) is 51.9 Å². The Morgan fingerprint density at radius 1 is 1.05 bits per heavy atom. The van der Waals surface area contributed by atoms with Crippen LogP contribution in [-0.2, 0) is 16.6 Å². The topological polar surface area (TPSA) is 85.3 Å². The van der Waals surface area contributed by atoms with E-state index in [4.69, 9.17) is 10.2 Å². The quantitative estimate of drug-likeness (QED) is 0.580. The highest BCUT2D eigenvalue weighted by Gasteiger charge is 2.17. The number of nitrogens with one attached hydrogen (secondary N) is 1. The predicted octanol–water partition coefficient (Wildman–Crippen LogP) is 3.16. The summed E-state index contributed by atoms with van der Waals surface area (Å²) in [5.74, 6) is 0.474. The summed E-state index contributed by atoms with van der Waals surface area (Å²) in [5.41, 5.74) is 5.40. The lowest BCUT2D eigenvalue weighted by Crippen LogP contribution is -2.24. The summed E-state index contributed by atoms with van der Waals surface area (Å²) in [5, 5.41) is -0.0532. The molecule has 0 saturated heterocycles. The smallest absolute Gasteiger partial charge is 0.273 e. The third-order valence-electron chi connectivity index (χ3n) is 3.43. The fourth-order valence-corrected chi connectivity index (χ4v) is 3.17. The molecule has 122 valence electrons. The van der Waals surface area contributed by atoms with Crippen molar-refractivity contribution in [2.75, 3.05) is 6.54 Å². The normalized spacial score (nSPS) is 11.9. The van der Waals surface area contributed by atoms with Gasteiger partial charge in [-0.15, -0.1) is 0 Å². The molecule has 3 N–H and O–H groups in total. The van der Waals surface area contributed by atoms with E-state index >= 15 is 0 Å². The van der Waals surface area contributed by atoms with Gasteiger partial charge in [-0.2, -0.15) is 0 Å². The zero-order chi connectivity index (χ0) is 15.6. The molecule has 0 bridgehead atoms. The minimum atomic E-state index is -3.53. The maximum absolute atomic E-state index is 11.9. The van der Waals surface area contributed by atoms with Crippen LogP contribution >= 0.6 is 0 Å². The standard InChI is InChI=1S/C15H28N2O3S/c1-2-3-4-5-6-7-8-9-12-17-21(18,19)15-11-10-14(13-16)20-15/h10-11,17H,2-9,12-13,16H2,1H3. The molecule has 0 aromatic carbocycles. The molecule has 0 saturated carbocycles. The van der Waals surface area contributed by atoms with E-state index < -0.39 is 10.0 Å². The molecule has 0 aliphatic heterocycles. The van der Waals surface area contributed by atoms with E-state index in [0.717, 1.165) is 12.8 Å². The summed E-state index contributed by atoms with van der Waals surface area (Å²) >= 11 is 0. The summed E-state index contributed by atoms with van der Waals surface area (Å²) in [7, 11) is -3.53. The number of hydrogen-bond donors (Lipinski definition) is 2. The van der Waals surface area contributed by atoms with Crippen LogP contribution in [0.2, 0.25) is 0 Å². The minimum Gasteiger partial charge on any atom is -0.447 e. The van der Waals surface area contributed by atoms with Crippen molar-refractivity contribution in [3.8, 4) is 0 Å². The Balaban J connectivity index is 2.14. The number of rotatable bonds is 12.